The summed E-state index contributed by atoms with van der Waals surface area (Å²) in [6.45, 7) is 2.82. The number of aromatic nitrogens is 2. The van der Waals surface area contributed by atoms with Gasteiger partial charge >= 0.3 is 11.7 Å². The van der Waals surface area contributed by atoms with Crippen molar-refractivity contribution < 1.29 is 18.7 Å². The minimum atomic E-state index is -1.30. The lowest BCUT2D eigenvalue weighted by Gasteiger charge is -2.15. The van der Waals surface area contributed by atoms with E-state index in [-0.39, 0.29) is 13.0 Å². The third-order valence-electron chi connectivity index (χ3n) is 3.07. The quantitative estimate of drug-likeness (QED) is 0.675. The number of esters is 1. The fraction of sp³-hybridized carbons (Fsp3) is 0.583. The molecule has 0 aromatic carbocycles. The summed E-state index contributed by atoms with van der Waals surface area (Å²) in [5.41, 5.74) is 0.244. The minimum absolute atomic E-state index is 0.0237. The number of hydrogen-bond donors (Lipinski definition) is 1. The number of ether oxygens (including phenoxy) is 2. The van der Waals surface area contributed by atoms with E-state index in [1.54, 1.807) is 6.92 Å². The second kappa shape index (κ2) is 5.84. The summed E-state index contributed by atoms with van der Waals surface area (Å²) in [4.78, 5) is 25.0. The molecule has 1 fully saturated rings. The number of aryl methyl sites for hydroxylation is 1. The normalized spacial score (nSPS) is 25.6. The monoisotopic (exact) mass is 302 g/mol. The Hall–Kier alpha value is -1.54. The number of carbonyl (C=O) groups excluding carboxylic acids is 1. The zero-order chi connectivity index (χ0) is 14.9. The van der Waals surface area contributed by atoms with Gasteiger partial charge in [0, 0.05) is 25.1 Å². The van der Waals surface area contributed by atoms with Gasteiger partial charge in [0.05, 0.1) is 0 Å². The summed E-state index contributed by atoms with van der Waals surface area (Å²) in [6, 6.07) is 0. The lowest BCUT2D eigenvalue weighted by molar-refractivity contribution is -0.146. The molecule has 0 aliphatic carbocycles. The van der Waals surface area contributed by atoms with Crippen molar-refractivity contribution in [1.82, 2.24) is 9.55 Å². The highest BCUT2D eigenvalue weighted by atomic mass is 32.1. The van der Waals surface area contributed by atoms with Crippen LogP contribution in [0.25, 0.3) is 0 Å². The molecule has 0 spiro atoms. The van der Waals surface area contributed by atoms with Crippen LogP contribution in [0.3, 0.4) is 0 Å². The first-order chi connectivity index (χ1) is 9.38. The molecule has 2 rings (SSSR count). The zero-order valence-electron chi connectivity index (χ0n) is 11.1. The van der Waals surface area contributed by atoms with Gasteiger partial charge in [0.25, 0.3) is 0 Å². The first kappa shape index (κ1) is 14.9. The van der Waals surface area contributed by atoms with Crippen molar-refractivity contribution in [2.24, 2.45) is 0 Å². The summed E-state index contributed by atoms with van der Waals surface area (Å²) in [6.07, 6.45) is -1.33. The summed E-state index contributed by atoms with van der Waals surface area (Å²) in [5, 5.41) is 0. The largest absolute Gasteiger partial charge is 0.463 e. The molecule has 2 heterocycles. The molecule has 20 heavy (non-hydrogen) atoms. The molecule has 0 amide bonds. The van der Waals surface area contributed by atoms with E-state index in [4.69, 9.17) is 21.7 Å². The van der Waals surface area contributed by atoms with Gasteiger partial charge in [0.2, 0.25) is 0 Å². The highest BCUT2D eigenvalue weighted by Gasteiger charge is 2.37. The van der Waals surface area contributed by atoms with Crippen LogP contribution in [0.5, 0.6) is 0 Å². The highest BCUT2D eigenvalue weighted by molar-refractivity contribution is 7.71. The second-order valence-electron chi connectivity index (χ2n) is 4.66. The zero-order valence-corrected chi connectivity index (χ0v) is 11.9. The van der Waals surface area contributed by atoms with Crippen molar-refractivity contribution in [2.75, 3.05) is 6.61 Å². The Morgan fingerprint density at radius 1 is 1.70 bits per heavy atom. The molecule has 0 saturated carbocycles. The highest BCUT2D eigenvalue weighted by Crippen LogP contribution is 2.30. The number of rotatable bonds is 3. The maximum atomic E-state index is 13.8. The minimum Gasteiger partial charge on any atom is -0.463 e. The molecular formula is C12H15FN2O4S. The van der Waals surface area contributed by atoms with Gasteiger partial charge in [-0.1, -0.05) is 12.2 Å². The number of H-pyrrole nitrogens is 1. The second-order valence-corrected chi connectivity index (χ2v) is 5.07. The maximum absolute atomic E-state index is 13.8. The van der Waals surface area contributed by atoms with Crippen LogP contribution >= 0.6 is 12.2 Å². The van der Waals surface area contributed by atoms with Crippen LogP contribution in [0.2, 0.25) is 0 Å². The molecule has 1 aliphatic rings. The van der Waals surface area contributed by atoms with Crippen molar-refractivity contribution in [1.29, 1.82) is 0 Å². The fourth-order valence-electron chi connectivity index (χ4n) is 2.01. The lowest BCUT2D eigenvalue weighted by atomic mass is 10.2. The molecule has 1 N–H and O–H groups in total. The number of halogens is 1. The summed E-state index contributed by atoms with van der Waals surface area (Å²) < 4.78 is 25.6. The molecule has 8 heteroatoms. The van der Waals surface area contributed by atoms with Gasteiger partial charge in [0.15, 0.2) is 0 Å². The Balaban J connectivity index is 2.16. The van der Waals surface area contributed by atoms with E-state index in [1.165, 1.54) is 17.7 Å². The van der Waals surface area contributed by atoms with Crippen LogP contribution in [0.15, 0.2) is 11.0 Å². The van der Waals surface area contributed by atoms with Gasteiger partial charge in [0.1, 0.15) is 29.8 Å². The molecule has 1 aliphatic heterocycles. The Labute approximate surface area is 119 Å². The standard InChI is InChI=1S/C12H15FN2O4S/c1-6-4-15(12(17)14-11(6)20)10-3-8(13)9(19-10)5-18-7(2)16/h4,8-10H,3,5H2,1-2H3,(H,14,17,20)/t8-,9+,10-/m0/s1. The van der Waals surface area contributed by atoms with Crippen molar-refractivity contribution in [3.8, 4) is 0 Å². The summed E-state index contributed by atoms with van der Waals surface area (Å²) >= 11 is 4.95. The van der Waals surface area contributed by atoms with E-state index in [1.807, 2.05) is 0 Å². The average molecular weight is 302 g/mol. The number of aromatic amines is 1. The van der Waals surface area contributed by atoms with Gasteiger partial charge in [-0.25, -0.2) is 9.18 Å². The first-order valence-electron chi connectivity index (χ1n) is 6.13. The average Bonchev–Trinajstić information content (AvgIpc) is 2.72. The molecule has 0 radical (unpaired) electrons. The van der Waals surface area contributed by atoms with E-state index in [2.05, 4.69) is 4.98 Å². The number of nitrogens with one attached hydrogen (secondary N) is 1. The Morgan fingerprint density at radius 3 is 3.05 bits per heavy atom. The molecule has 1 aromatic rings. The SMILES string of the molecule is CC(=O)OC[C@H]1O[C@H](n2cc(C)c(=S)[nH]c2=O)C[C@@H]1F. The number of nitrogens with zero attached hydrogens (tertiary/aromatic N) is 1. The van der Waals surface area contributed by atoms with Crippen LogP contribution in [0, 0.1) is 11.6 Å². The number of hydrogen-bond acceptors (Lipinski definition) is 5. The van der Waals surface area contributed by atoms with Crippen LogP contribution < -0.4 is 5.69 Å². The van der Waals surface area contributed by atoms with E-state index >= 15 is 0 Å². The van der Waals surface area contributed by atoms with Crippen LogP contribution in [0.1, 0.15) is 25.1 Å². The molecule has 110 valence electrons. The van der Waals surface area contributed by atoms with Crippen molar-refractivity contribution in [3.05, 3.63) is 26.9 Å². The third-order valence-corrected chi connectivity index (χ3v) is 3.49. The van der Waals surface area contributed by atoms with E-state index < -0.39 is 30.2 Å². The van der Waals surface area contributed by atoms with Crippen LogP contribution in [-0.4, -0.2) is 34.4 Å². The Bertz CT molecular complexity index is 627. The third kappa shape index (κ3) is 3.13. The fourth-order valence-corrected chi connectivity index (χ4v) is 2.15. The van der Waals surface area contributed by atoms with Crippen molar-refractivity contribution >= 4 is 18.2 Å². The van der Waals surface area contributed by atoms with Crippen LogP contribution in [0.4, 0.5) is 4.39 Å². The molecular weight excluding hydrogens is 287 g/mol. The predicted molar refractivity (Wildman–Crippen MR) is 70.7 cm³/mol. The Kier molecular flexibility index (Phi) is 4.34. The number of alkyl halides is 1. The molecule has 0 bridgehead atoms. The lowest BCUT2D eigenvalue weighted by Crippen LogP contribution is -2.28. The summed E-state index contributed by atoms with van der Waals surface area (Å²) in [5.74, 6) is -0.499. The molecule has 3 atom stereocenters. The van der Waals surface area contributed by atoms with Gasteiger partial charge in [-0.2, -0.15) is 0 Å². The molecule has 1 aromatic heterocycles. The first-order valence-corrected chi connectivity index (χ1v) is 6.54. The number of carbonyl (C=O) groups is 1. The molecule has 6 nitrogen and oxygen atoms in total. The topological polar surface area (TPSA) is 73.3 Å². The smallest absolute Gasteiger partial charge is 0.328 e. The van der Waals surface area contributed by atoms with E-state index in [9.17, 15) is 14.0 Å². The molecule has 1 saturated heterocycles. The van der Waals surface area contributed by atoms with Crippen molar-refractivity contribution in [2.45, 2.75) is 38.8 Å². The van der Waals surface area contributed by atoms with E-state index in [0.29, 0.717) is 10.2 Å². The van der Waals surface area contributed by atoms with Crippen molar-refractivity contribution in [3.63, 3.8) is 0 Å². The summed E-state index contributed by atoms with van der Waals surface area (Å²) in [7, 11) is 0. The molecule has 0 unspecified atom stereocenters. The van der Waals surface area contributed by atoms with Gasteiger partial charge in [-0.05, 0) is 6.92 Å². The van der Waals surface area contributed by atoms with Gasteiger partial charge in [-0.15, -0.1) is 0 Å². The van der Waals surface area contributed by atoms with Gasteiger partial charge in [-0.3, -0.25) is 14.3 Å². The predicted octanol–water partition coefficient (Wildman–Crippen LogP) is 1.40. The van der Waals surface area contributed by atoms with Crippen LogP contribution in [-0.2, 0) is 14.3 Å². The Morgan fingerprint density at radius 2 is 2.40 bits per heavy atom. The van der Waals surface area contributed by atoms with E-state index in [0.717, 1.165) is 0 Å². The maximum Gasteiger partial charge on any atom is 0.328 e. The van der Waals surface area contributed by atoms with Gasteiger partial charge < -0.3 is 9.47 Å².